The molecule has 5 heteroatoms. The number of amides is 1. The number of nitrogens with zero attached hydrogens (tertiary/aromatic N) is 3. The van der Waals surface area contributed by atoms with Crippen LogP contribution in [-0.4, -0.2) is 78.2 Å². The fourth-order valence-electron chi connectivity index (χ4n) is 5.23. The summed E-state index contributed by atoms with van der Waals surface area (Å²) < 4.78 is 0. The van der Waals surface area contributed by atoms with Crippen LogP contribution in [0.5, 0.6) is 0 Å². The lowest BCUT2D eigenvalue weighted by atomic mass is 9.60. The van der Waals surface area contributed by atoms with Crippen LogP contribution in [0.4, 0.5) is 0 Å². The van der Waals surface area contributed by atoms with Crippen molar-refractivity contribution in [3.63, 3.8) is 0 Å². The first kappa shape index (κ1) is 20.8. The summed E-state index contributed by atoms with van der Waals surface area (Å²) in [5, 5.41) is 0. The third kappa shape index (κ3) is 5.11. The van der Waals surface area contributed by atoms with Crippen molar-refractivity contribution in [2.45, 2.75) is 65.8 Å². The van der Waals surface area contributed by atoms with Crippen LogP contribution in [0.2, 0.25) is 0 Å². The van der Waals surface area contributed by atoms with Gasteiger partial charge in [-0.1, -0.05) is 13.8 Å². The first-order valence-corrected chi connectivity index (χ1v) is 11.0. The summed E-state index contributed by atoms with van der Waals surface area (Å²) in [7, 11) is 0. The minimum absolute atomic E-state index is 0.158. The summed E-state index contributed by atoms with van der Waals surface area (Å²) in [5.41, 5.74) is 0.334. The highest BCUT2D eigenvalue weighted by Crippen LogP contribution is 2.53. The summed E-state index contributed by atoms with van der Waals surface area (Å²) in [6.45, 7) is 15.7. The molecule has 0 aromatic rings. The number of Topliss-reactive ketones (excluding diaryl/α,β-unsaturated/α-hetero) is 1. The maximum atomic E-state index is 12.7. The van der Waals surface area contributed by atoms with Crippen LogP contribution in [-0.2, 0) is 9.59 Å². The molecule has 3 fully saturated rings. The Kier molecular flexibility index (Phi) is 6.62. The van der Waals surface area contributed by atoms with Crippen LogP contribution in [0.15, 0.2) is 0 Å². The largest absolute Gasteiger partial charge is 0.342 e. The molecule has 27 heavy (non-hydrogen) atoms. The quantitative estimate of drug-likeness (QED) is 0.684. The monoisotopic (exact) mass is 377 g/mol. The molecule has 0 radical (unpaired) electrons. The summed E-state index contributed by atoms with van der Waals surface area (Å²) in [6, 6.07) is 0.622. The molecule has 1 aliphatic carbocycles. The van der Waals surface area contributed by atoms with Crippen LogP contribution in [0.25, 0.3) is 0 Å². The summed E-state index contributed by atoms with van der Waals surface area (Å²) in [6.07, 6.45) is 4.83. The number of ketones is 1. The van der Waals surface area contributed by atoms with Gasteiger partial charge in [-0.2, -0.15) is 0 Å². The molecule has 0 bridgehead atoms. The van der Waals surface area contributed by atoms with E-state index in [1.807, 2.05) is 13.8 Å². The minimum Gasteiger partial charge on any atom is -0.342 e. The van der Waals surface area contributed by atoms with Gasteiger partial charge < -0.3 is 9.80 Å². The van der Waals surface area contributed by atoms with Gasteiger partial charge in [0.05, 0.1) is 0 Å². The smallest absolute Gasteiger partial charge is 0.223 e. The molecule has 2 aliphatic heterocycles. The van der Waals surface area contributed by atoms with Crippen molar-refractivity contribution in [1.82, 2.24) is 14.7 Å². The molecule has 2 saturated heterocycles. The number of hydrogen-bond donors (Lipinski definition) is 0. The predicted molar refractivity (Wildman–Crippen MR) is 109 cm³/mol. The van der Waals surface area contributed by atoms with Gasteiger partial charge in [-0.25, -0.2) is 0 Å². The number of carbonyl (C=O) groups is 2. The summed E-state index contributed by atoms with van der Waals surface area (Å²) in [5.74, 6) is 1.45. The molecular weight excluding hydrogens is 338 g/mol. The van der Waals surface area contributed by atoms with E-state index in [0.29, 0.717) is 35.5 Å². The molecule has 0 unspecified atom stereocenters. The highest BCUT2D eigenvalue weighted by Gasteiger charge is 2.49. The van der Waals surface area contributed by atoms with Crippen LogP contribution in [0.3, 0.4) is 0 Å². The normalized spacial score (nSPS) is 29.7. The Balaban J connectivity index is 1.35. The Morgan fingerprint density at radius 3 is 2.26 bits per heavy atom. The van der Waals surface area contributed by atoms with Gasteiger partial charge in [-0.15, -0.1) is 0 Å². The van der Waals surface area contributed by atoms with Crippen LogP contribution >= 0.6 is 0 Å². The molecule has 2 heterocycles. The minimum atomic E-state index is 0.158. The Bertz CT molecular complexity index is 532. The molecule has 5 nitrogen and oxygen atoms in total. The summed E-state index contributed by atoms with van der Waals surface area (Å²) >= 11 is 0. The molecular formula is C22H39N3O2. The van der Waals surface area contributed by atoms with Gasteiger partial charge in [0, 0.05) is 70.6 Å². The van der Waals surface area contributed by atoms with Gasteiger partial charge in [0.2, 0.25) is 5.91 Å². The third-order valence-electron chi connectivity index (χ3n) is 7.15. The van der Waals surface area contributed by atoms with E-state index in [1.54, 1.807) is 0 Å². The first-order valence-electron chi connectivity index (χ1n) is 11.0. The second-order valence-corrected chi connectivity index (χ2v) is 9.89. The average Bonchev–Trinajstić information content (AvgIpc) is 3.05. The Labute approximate surface area is 165 Å². The Hall–Kier alpha value is -0.940. The van der Waals surface area contributed by atoms with Crippen molar-refractivity contribution in [3.05, 3.63) is 0 Å². The number of rotatable bonds is 7. The Morgan fingerprint density at radius 2 is 1.67 bits per heavy atom. The predicted octanol–water partition coefficient (Wildman–Crippen LogP) is 2.65. The second kappa shape index (κ2) is 8.60. The van der Waals surface area contributed by atoms with Crippen LogP contribution in [0.1, 0.15) is 59.8 Å². The maximum Gasteiger partial charge on any atom is 0.223 e. The molecule has 3 aliphatic rings. The number of hydrogen-bond acceptors (Lipinski definition) is 4. The molecule has 1 spiro atoms. The van der Waals surface area contributed by atoms with E-state index in [-0.39, 0.29) is 5.92 Å². The second-order valence-electron chi connectivity index (χ2n) is 9.89. The third-order valence-corrected chi connectivity index (χ3v) is 7.15. The van der Waals surface area contributed by atoms with Gasteiger partial charge in [-0.3, -0.25) is 14.5 Å². The molecule has 1 amide bonds. The SMILES string of the molecule is CC(C)C(=O)CC1CC2(CCN(C(=O)CCN3CCN(C(C)C)CC3)C2)C1. The van der Waals surface area contributed by atoms with E-state index in [4.69, 9.17) is 0 Å². The molecule has 0 aromatic heterocycles. The summed E-state index contributed by atoms with van der Waals surface area (Å²) in [4.78, 5) is 31.7. The molecule has 0 atom stereocenters. The molecule has 0 N–H and O–H groups in total. The average molecular weight is 378 g/mol. The fourth-order valence-corrected chi connectivity index (χ4v) is 5.23. The zero-order chi connectivity index (χ0) is 19.6. The van der Waals surface area contributed by atoms with Gasteiger partial charge in [0.1, 0.15) is 5.78 Å². The van der Waals surface area contributed by atoms with Crippen molar-refractivity contribution in [2.24, 2.45) is 17.3 Å². The van der Waals surface area contributed by atoms with E-state index in [0.717, 1.165) is 71.5 Å². The number of likely N-dealkylation sites (tertiary alicyclic amines) is 1. The van der Waals surface area contributed by atoms with Crippen LogP contribution < -0.4 is 0 Å². The van der Waals surface area contributed by atoms with Crippen LogP contribution in [0, 0.1) is 17.3 Å². The zero-order valence-electron chi connectivity index (χ0n) is 17.9. The van der Waals surface area contributed by atoms with Gasteiger partial charge in [0.15, 0.2) is 0 Å². The number of piperazine rings is 1. The fraction of sp³-hybridized carbons (Fsp3) is 0.909. The van der Waals surface area contributed by atoms with Gasteiger partial charge in [0.25, 0.3) is 0 Å². The lowest BCUT2D eigenvalue weighted by Crippen LogP contribution is -2.49. The van der Waals surface area contributed by atoms with Crippen molar-refractivity contribution < 1.29 is 9.59 Å². The van der Waals surface area contributed by atoms with Crippen molar-refractivity contribution >= 4 is 11.7 Å². The highest BCUT2D eigenvalue weighted by molar-refractivity contribution is 5.80. The van der Waals surface area contributed by atoms with E-state index >= 15 is 0 Å². The van der Waals surface area contributed by atoms with Crippen molar-refractivity contribution in [2.75, 3.05) is 45.8 Å². The lowest BCUT2D eigenvalue weighted by molar-refractivity contribution is -0.132. The topological polar surface area (TPSA) is 43.9 Å². The first-order chi connectivity index (χ1) is 12.8. The molecule has 0 aromatic carbocycles. The standard InChI is InChI=1S/C22H39N3O2/c1-17(2)20(26)13-19-14-22(15-19)6-8-25(16-22)21(27)5-7-23-9-11-24(12-10-23)18(3)4/h17-19H,5-16H2,1-4H3. The zero-order valence-corrected chi connectivity index (χ0v) is 17.9. The van der Waals surface area contributed by atoms with E-state index < -0.39 is 0 Å². The molecule has 154 valence electrons. The van der Waals surface area contributed by atoms with Gasteiger partial charge >= 0.3 is 0 Å². The van der Waals surface area contributed by atoms with E-state index in [2.05, 4.69) is 28.5 Å². The lowest BCUT2D eigenvalue weighted by Gasteiger charge is -2.45. The number of carbonyl (C=O) groups excluding carboxylic acids is 2. The highest BCUT2D eigenvalue weighted by atomic mass is 16.2. The maximum absolute atomic E-state index is 12.7. The van der Waals surface area contributed by atoms with Crippen molar-refractivity contribution in [3.8, 4) is 0 Å². The molecule has 3 rings (SSSR count). The van der Waals surface area contributed by atoms with Crippen molar-refractivity contribution in [1.29, 1.82) is 0 Å². The molecule has 1 saturated carbocycles. The van der Waals surface area contributed by atoms with Gasteiger partial charge in [-0.05, 0) is 44.4 Å². The van der Waals surface area contributed by atoms with E-state index in [9.17, 15) is 9.59 Å². The Morgan fingerprint density at radius 1 is 1.00 bits per heavy atom. The van der Waals surface area contributed by atoms with E-state index in [1.165, 1.54) is 0 Å².